The number of hydrogen-bond acceptors (Lipinski definition) is 3. The lowest BCUT2D eigenvalue weighted by Gasteiger charge is -2.10. The van der Waals surface area contributed by atoms with Gasteiger partial charge in [-0.1, -0.05) is 29.8 Å². The zero-order chi connectivity index (χ0) is 18.8. The van der Waals surface area contributed by atoms with Crippen LogP contribution in [0.2, 0.25) is 5.02 Å². The van der Waals surface area contributed by atoms with E-state index in [9.17, 15) is 4.79 Å². The minimum atomic E-state index is -0.0699. The van der Waals surface area contributed by atoms with Gasteiger partial charge in [0.25, 0.3) is 0 Å². The molecule has 0 heterocycles. The number of guanidine groups is 1. The molecule has 0 spiro atoms. The second-order valence-electron chi connectivity index (χ2n) is 5.64. The molecule has 1 amide bonds. The molecular weight excluding hydrogens is 479 g/mol. The van der Waals surface area contributed by atoms with Gasteiger partial charge in [0, 0.05) is 42.0 Å². The summed E-state index contributed by atoms with van der Waals surface area (Å²) >= 11 is 5.81. The lowest BCUT2D eigenvalue weighted by molar-refractivity contribution is -0.116. The molecule has 0 aliphatic rings. The van der Waals surface area contributed by atoms with Gasteiger partial charge in [0.15, 0.2) is 5.96 Å². The van der Waals surface area contributed by atoms with Crippen LogP contribution in [0.1, 0.15) is 18.4 Å². The van der Waals surface area contributed by atoms with E-state index in [1.54, 1.807) is 31.4 Å². The quantitative estimate of drug-likeness (QED) is 0.218. The average Bonchev–Trinajstić information content (AvgIpc) is 2.63. The predicted octanol–water partition coefficient (Wildman–Crippen LogP) is 4.25. The molecule has 8 heteroatoms. The van der Waals surface area contributed by atoms with Crippen molar-refractivity contribution < 1.29 is 9.53 Å². The van der Waals surface area contributed by atoms with Gasteiger partial charge in [-0.2, -0.15) is 0 Å². The Morgan fingerprint density at radius 3 is 2.56 bits per heavy atom. The number of benzene rings is 2. The number of halogens is 2. The summed E-state index contributed by atoms with van der Waals surface area (Å²) < 4.78 is 5.16. The zero-order valence-corrected chi connectivity index (χ0v) is 18.2. The Hall–Kier alpha value is -1.84. The Balaban J connectivity index is 0.00000364. The fourth-order valence-electron chi connectivity index (χ4n) is 2.30. The number of nitrogens with one attached hydrogen (secondary N) is 2. The van der Waals surface area contributed by atoms with Crippen molar-refractivity contribution in [2.24, 2.45) is 10.7 Å². The average molecular weight is 503 g/mol. The standard InChI is InChI=1S/C19H23ClN4O2.HI/c1-26-13-14-5-2-3-6-17(14)24-19(21)22-12-4-7-18(25)23-16-10-8-15(20)9-11-16;/h2-3,5-6,8-11H,4,7,12-13H2,1H3,(H,23,25)(H3,21,22,24);1H. The molecule has 0 saturated carbocycles. The molecule has 0 unspecified atom stereocenters. The van der Waals surface area contributed by atoms with Crippen LogP contribution in [-0.2, 0) is 16.1 Å². The molecule has 2 rings (SSSR count). The molecule has 0 bridgehead atoms. The molecular formula is C19H24ClIN4O2. The summed E-state index contributed by atoms with van der Waals surface area (Å²) in [5.74, 6) is 0.242. The van der Waals surface area contributed by atoms with Crippen molar-refractivity contribution >= 4 is 58.8 Å². The van der Waals surface area contributed by atoms with Crippen molar-refractivity contribution in [3.63, 3.8) is 0 Å². The molecule has 2 aromatic carbocycles. The van der Waals surface area contributed by atoms with Crippen LogP contribution < -0.4 is 16.4 Å². The van der Waals surface area contributed by atoms with Gasteiger partial charge in [0.1, 0.15) is 0 Å². The number of nitrogens with two attached hydrogens (primary N) is 1. The summed E-state index contributed by atoms with van der Waals surface area (Å²) in [6.45, 7) is 0.945. The van der Waals surface area contributed by atoms with Crippen molar-refractivity contribution in [3.05, 3.63) is 59.1 Å². The molecule has 27 heavy (non-hydrogen) atoms. The van der Waals surface area contributed by atoms with Gasteiger partial charge in [-0.15, -0.1) is 24.0 Å². The normalized spacial score (nSPS) is 10.8. The SMILES string of the molecule is COCc1ccccc1NC(N)=NCCCC(=O)Nc1ccc(Cl)cc1.I. The maximum atomic E-state index is 11.9. The topological polar surface area (TPSA) is 88.7 Å². The molecule has 6 nitrogen and oxygen atoms in total. The highest BCUT2D eigenvalue weighted by Crippen LogP contribution is 2.15. The molecule has 0 atom stereocenters. The Morgan fingerprint density at radius 1 is 1.15 bits per heavy atom. The van der Waals surface area contributed by atoms with E-state index in [4.69, 9.17) is 22.1 Å². The number of para-hydroxylation sites is 1. The van der Waals surface area contributed by atoms with Crippen LogP contribution in [0.3, 0.4) is 0 Å². The Bertz CT molecular complexity index is 754. The number of carbonyl (C=O) groups excluding carboxylic acids is 1. The first kappa shape index (κ1) is 23.2. The Kier molecular flexibility index (Phi) is 10.8. The largest absolute Gasteiger partial charge is 0.380 e. The smallest absolute Gasteiger partial charge is 0.224 e. The fourth-order valence-corrected chi connectivity index (χ4v) is 2.42. The maximum absolute atomic E-state index is 11.9. The van der Waals surface area contributed by atoms with E-state index in [2.05, 4.69) is 15.6 Å². The summed E-state index contributed by atoms with van der Waals surface area (Å²) in [6.07, 6.45) is 0.960. The van der Waals surface area contributed by atoms with Crippen molar-refractivity contribution in [1.82, 2.24) is 0 Å². The molecule has 0 saturated heterocycles. The third-order valence-electron chi connectivity index (χ3n) is 3.55. The number of rotatable bonds is 8. The highest BCUT2D eigenvalue weighted by Gasteiger charge is 2.04. The van der Waals surface area contributed by atoms with E-state index in [1.807, 2.05) is 24.3 Å². The van der Waals surface area contributed by atoms with Crippen molar-refractivity contribution in [1.29, 1.82) is 0 Å². The van der Waals surface area contributed by atoms with Gasteiger partial charge >= 0.3 is 0 Å². The van der Waals surface area contributed by atoms with Gasteiger partial charge < -0.3 is 21.1 Å². The molecule has 0 aliphatic heterocycles. The number of anilines is 2. The number of aliphatic imine (C=N–C) groups is 1. The van der Waals surface area contributed by atoms with Crippen LogP contribution in [0.15, 0.2) is 53.5 Å². The van der Waals surface area contributed by atoms with Crippen LogP contribution in [0.5, 0.6) is 0 Å². The van der Waals surface area contributed by atoms with Gasteiger partial charge in [0.05, 0.1) is 6.61 Å². The maximum Gasteiger partial charge on any atom is 0.224 e. The van der Waals surface area contributed by atoms with E-state index in [0.29, 0.717) is 37.0 Å². The van der Waals surface area contributed by atoms with E-state index < -0.39 is 0 Å². The minimum Gasteiger partial charge on any atom is -0.380 e. The minimum absolute atomic E-state index is 0. The van der Waals surface area contributed by atoms with Crippen molar-refractivity contribution in [2.45, 2.75) is 19.4 Å². The van der Waals surface area contributed by atoms with Crippen LogP contribution in [-0.4, -0.2) is 25.5 Å². The van der Waals surface area contributed by atoms with E-state index in [-0.39, 0.29) is 29.9 Å². The number of ether oxygens (including phenoxy) is 1. The molecule has 0 aromatic heterocycles. The van der Waals surface area contributed by atoms with Crippen LogP contribution in [0.25, 0.3) is 0 Å². The van der Waals surface area contributed by atoms with Gasteiger partial charge in [-0.05, 0) is 36.8 Å². The molecule has 0 aliphatic carbocycles. The van der Waals surface area contributed by atoms with E-state index >= 15 is 0 Å². The summed E-state index contributed by atoms with van der Waals surface area (Å²) in [5.41, 5.74) is 8.48. The number of carbonyl (C=O) groups is 1. The Morgan fingerprint density at radius 2 is 1.85 bits per heavy atom. The number of nitrogens with zero attached hydrogens (tertiary/aromatic N) is 1. The summed E-state index contributed by atoms with van der Waals surface area (Å²) in [5, 5.41) is 6.51. The van der Waals surface area contributed by atoms with Crippen molar-refractivity contribution in [2.75, 3.05) is 24.3 Å². The Labute approximate surface area is 181 Å². The number of hydrogen-bond donors (Lipinski definition) is 3. The highest BCUT2D eigenvalue weighted by atomic mass is 127. The fraction of sp³-hybridized carbons (Fsp3) is 0.263. The molecule has 0 radical (unpaired) electrons. The third kappa shape index (κ3) is 8.59. The number of amides is 1. The zero-order valence-electron chi connectivity index (χ0n) is 15.1. The summed E-state index contributed by atoms with van der Waals surface area (Å²) in [4.78, 5) is 16.2. The summed E-state index contributed by atoms with van der Waals surface area (Å²) in [6, 6.07) is 14.7. The highest BCUT2D eigenvalue weighted by molar-refractivity contribution is 14.0. The second-order valence-corrected chi connectivity index (χ2v) is 6.08. The van der Waals surface area contributed by atoms with Gasteiger partial charge in [-0.25, -0.2) is 0 Å². The molecule has 146 valence electrons. The summed E-state index contributed by atoms with van der Waals surface area (Å²) in [7, 11) is 1.64. The lowest BCUT2D eigenvalue weighted by atomic mass is 10.2. The molecule has 2 aromatic rings. The van der Waals surface area contributed by atoms with Crippen LogP contribution in [0.4, 0.5) is 11.4 Å². The predicted molar refractivity (Wildman–Crippen MR) is 122 cm³/mol. The number of methoxy groups -OCH3 is 1. The first-order valence-corrected chi connectivity index (χ1v) is 8.65. The van der Waals surface area contributed by atoms with E-state index in [1.165, 1.54) is 0 Å². The van der Waals surface area contributed by atoms with E-state index in [0.717, 1.165) is 16.9 Å². The second kappa shape index (κ2) is 12.5. The van der Waals surface area contributed by atoms with Gasteiger partial charge in [-0.3, -0.25) is 9.79 Å². The van der Waals surface area contributed by atoms with Crippen LogP contribution >= 0.6 is 35.6 Å². The first-order valence-electron chi connectivity index (χ1n) is 8.27. The van der Waals surface area contributed by atoms with Crippen molar-refractivity contribution in [3.8, 4) is 0 Å². The third-order valence-corrected chi connectivity index (χ3v) is 3.80. The molecule has 0 fully saturated rings. The molecule has 4 N–H and O–H groups in total. The van der Waals surface area contributed by atoms with Gasteiger partial charge in [0.2, 0.25) is 5.91 Å². The first-order chi connectivity index (χ1) is 12.6. The van der Waals surface area contributed by atoms with Crippen LogP contribution in [0, 0.1) is 0 Å². The lowest BCUT2D eigenvalue weighted by Crippen LogP contribution is -2.23. The monoisotopic (exact) mass is 502 g/mol.